The maximum Gasteiger partial charge on any atom is 0.336 e. The summed E-state index contributed by atoms with van der Waals surface area (Å²) in [5.41, 5.74) is 4.31. The van der Waals surface area contributed by atoms with Gasteiger partial charge >= 0.3 is 5.63 Å². The SMILES string of the molecule is Cc1ccccc1-c1cc(=O)oc2cc([C@@H]3C[C@H]3C(=O)N(C)C)ccc12. The van der Waals surface area contributed by atoms with Gasteiger partial charge in [0.2, 0.25) is 5.91 Å². The lowest BCUT2D eigenvalue weighted by Crippen LogP contribution is -2.23. The molecular weight excluding hydrogens is 326 g/mol. The van der Waals surface area contributed by atoms with Gasteiger partial charge in [-0.15, -0.1) is 0 Å². The smallest absolute Gasteiger partial charge is 0.336 e. The van der Waals surface area contributed by atoms with Crippen LogP contribution in [0.2, 0.25) is 0 Å². The highest BCUT2D eigenvalue weighted by Crippen LogP contribution is 2.49. The van der Waals surface area contributed by atoms with Gasteiger partial charge in [0.1, 0.15) is 5.58 Å². The van der Waals surface area contributed by atoms with Crippen molar-refractivity contribution in [1.82, 2.24) is 4.90 Å². The van der Waals surface area contributed by atoms with Crippen molar-refractivity contribution in [3.63, 3.8) is 0 Å². The number of nitrogens with zero attached hydrogens (tertiary/aromatic N) is 1. The van der Waals surface area contributed by atoms with Crippen LogP contribution in [0, 0.1) is 12.8 Å². The molecule has 0 saturated heterocycles. The molecule has 1 fully saturated rings. The third-order valence-corrected chi connectivity index (χ3v) is 5.18. The van der Waals surface area contributed by atoms with E-state index in [1.54, 1.807) is 25.1 Å². The first-order valence-electron chi connectivity index (χ1n) is 8.80. The summed E-state index contributed by atoms with van der Waals surface area (Å²) < 4.78 is 5.47. The minimum absolute atomic E-state index is 0.0359. The molecule has 2 atom stereocenters. The highest BCUT2D eigenvalue weighted by atomic mass is 16.4. The fraction of sp³-hybridized carbons (Fsp3) is 0.273. The molecule has 0 bridgehead atoms. The van der Waals surface area contributed by atoms with Gasteiger partial charge in [0.15, 0.2) is 0 Å². The Morgan fingerprint density at radius 2 is 1.85 bits per heavy atom. The van der Waals surface area contributed by atoms with E-state index in [9.17, 15) is 9.59 Å². The van der Waals surface area contributed by atoms with Crippen molar-refractivity contribution < 1.29 is 9.21 Å². The summed E-state index contributed by atoms with van der Waals surface area (Å²) >= 11 is 0. The Bertz CT molecular complexity index is 1060. The van der Waals surface area contributed by atoms with Crippen molar-refractivity contribution in [1.29, 1.82) is 0 Å². The average Bonchev–Trinajstić information content (AvgIpc) is 3.41. The first-order chi connectivity index (χ1) is 12.5. The van der Waals surface area contributed by atoms with Gasteiger partial charge < -0.3 is 9.32 Å². The third kappa shape index (κ3) is 2.81. The van der Waals surface area contributed by atoms with Gasteiger partial charge in [0.05, 0.1) is 0 Å². The van der Waals surface area contributed by atoms with Crippen LogP contribution in [0.15, 0.2) is 57.7 Å². The molecular formula is C22H21NO3. The van der Waals surface area contributed by atoms with E-state index < -0.39 is 0 Å². The number of amides is 1. The predicted octanol–water partition coefficient (Wildman–Crippen LogP) is 3.96. The van der Waals surface area contributed by atoms with Gasteiger partial charge in [-0.25, -0.2) is 4.79 Å². The van der Waals surface area contributed by atoms with E-state index in [0.29, 0.717) is 5.58 Å². The molecule has 1 heterocycles. The van der Waals surface area contributed by atoms with E-state index in [-0.39, 0.29) is 23.4 Å². The Morgan fingerprint density at radius 1 is 1.08 bits per heavy atom. The van der Waals surface area contributed by atoms with E-state index in [0.717, 1.165) is 34.1 Å². The minimum Gasteiger partial charge on any atom is -0.423 e. The predicted molar refractivity (Wildman–Crippen MR) is 102 cm³/mol. The summed E-state index contributed by atoms with van der Waals surface area (Å²) in [6.45, 7) is 2.03. The Labute approximate surface area is 152 Å². The van der Waals surface area contributed by atoms with Crippen LogP contribution in [0.25, 0.3) is 22.1 Å². The van der Waals surface area contributed by atoms with Crippen molar-refractivity contribution in [3.8, 4) is 11.1 Å². The molecule has 4 nitrogen and oxygen atoms in total. The molecule has 1 aliphatic rings. The molecule has 1 aliphatic carbocycles. The number of carbonyl (C=O) groups is 1. The number of hydrogen-bond donors (Lipinski definition) is 0. The first-order valence-corrected chi connectivity index (χ1v) is 8.80. The Balaban J connectivity index is 1.78. The van der Waals surface area contributed by atoms with Crippen molar-refractivity contribution in [2.75, 3.05) is 14.1 Å². The molecule has 26 heavy (non-hydrogen) atoms. The Kier molecular flexibility index (Phi) is 3.91. The summed E-state index contributed by atoms with van der Waals surface area (Å²) in [5.74, 6) is 0.403. The summed E-state index contributed by atoms with van der Waals surface area (Å²) in [7, 11) is 3.57. The molecule has 0 unspecified atom stereocenters. The average molecular weight is 347 g/mol. The highest BCUT2D eigenvalue weighted by molar-refractivity contribution is 5.94. The van der Waals surface area contributed by atoms with E-state index in [4.69, 9.17) is 4.42 Å². The Morgan fingerprint density at radius 3 is 2.58 bits per heavy atom. The molecule has 4 rings (SSSR count). The summed E-state index contributed by atoms with van der Waals surface area (Å²) in [6.07, 6.45) is 0.851. The zero-order valence-electron chi connectivity index (χ0n) is 15.2. The fourth-order valence-corrected chi connectivity index (χ4v) is 3.68. The molecule has 1 amide bonds. The molecule has 3 aromatic rings. The van der Waals surface area contributed by atoms with Crippen molar-refractivity contribution in [2.45, 2.75) is 19.3 Å². The van der Waals surface area contributed by atoms with Crippen LogP contribution >= 0.6 is 0 Å². The highest BCUT2D eigenvalue weighted by Gasteiger charge is 2.44. The number of fused-ring (bicyclic) bond motifs is 1. The maximum absolute atomic E-state index is 12.1. The molecule has 1 saturated carbocycles. The van der Waals surface area contributed by atoms with Crippen LogP contribution in [0.5, 0.6) is 0 Å². The summed E-state index contributed by atoms with van der Waals surface area (Å²) in [6, 6.07) is 15.5. The van der Waals surface area contributed by atoms with Gasteiger partial charge in [-0.1, -0.05) is 36.4 Å². The number of benzene rings is 2. The molecule has 1 aromatic heterocycles. The third-order valence-electron chi connectivity index (χ3n) is 5.18. The zero-order chi connectivity index (χ0) is 18.4. The lowest BCUT2D eigenvalue weighted by Gasteiger charge is -2.11. The van der Waals surface area contributed by atoms with Crippen LogP contribution in [-0.4, -0.2) is 24.9 Å². The monoisotopic (exact) mass is 347 g/mol. The lowest BCUT2D eigenvalue weighted by atomic mass is 9.96. The largest absolute Gasteiger partial charge is 0.423 e. The van der Waals surface area contributed by atoms with Gasteiger partial charge in [-0.2, -0.15) is 0 Å². The Hall–Kier alpha value is -2.88. The quantitative estimate of drug-likeness (QED) is 0.674. The van der Waals surface area contributed by atoms with E-state index in [1.807, 2.05) is 43.3 Å². The molecule has 0 aliphatic heterocycles. The molecule has 2 aromatic carbocycles. The zero-order valence-corrected chi connectivity index (χ0v) is 15.2. The van der Waals surface area contributed by atoms with Crippen LogP contribution in [0.4, 0.5) is 0 Å². The second kappa shape index (κ2) is 6.13. The van der Waals surface area contributed by atoms with Crippen molar-refractivity contribution >= 4 is 16.9 Å². The van der Waals surface area contributed by atoms with E-state index >= 15 is 0 Å². The standard InChI is InChI=1S/C22H21NO3/c1-13-6-4-5-7-15(13)18-12-21(24)26-20-10-14(8-9-16(18)20)17-11-19(17)22(25)23(2)3/h4-10,12,17,19H,11H2,1-3H3/t17-,19+/m0/s1. The number of aryl methyl sites for hydroxylation is 1. The molecule has 0 radical (unpaired) electrons. The molecule has 132 valence electrons. The summed E-state index contributed by atoms with van der Waals surface area (Å²) in [5, 5.41) is 0.916. The van der Waals surface area contributed by atoms with Crippen LogP contribution < -0.4 is 5.63 Å². The van der Waals surface area contributed by atoms with Crippen LogP contribution in [-0.2, 0) is 4.79 Å². The molecule has 4 heteroatoms. The van der Waals surface area contributed by atoms with Crippen LogP contribution in [0.1, 0.15) is 23.5 Å². The number of carbonyl (C=O) groups excluding carboxylic acids is 1. The number of hydrogen-bond acceptors (Lipinski definition) is 3. The second-order valence-electron chi connectivity index (χ2n) is 7.23. The first kappa shape index (κ1) is 16.6. The number of rotatable bonds is 3. The van der Waals surface area contributed by atoms with Crippen molar-refractivity contribution in [3.05, 3.63) is 70.1 Å². The van der Waals surface area contributed by atoms with Gasteiger partial charge in [0.25, 0.3) is 0 Å². The van der Waals surface area contributed by atoms with Gasteiger partial charge in [-0.3, -0.25) is 4.79 Å². The fourth-order valence-electron chi connectivity index (χ4n) is 3.68. The molecule has 0 spiro atoms. The van der Waals surface area contributed by atoms with Crippen molar-refractivity contribution in [2.24, 2.45) is 5.92 Å². The lowest BCUT2D eigenvalue weighted by molar-refractivity contribution is -0.130. The minimum atomic E-state index is -0.357. The summed E-state index contributed by atoms with van der Waals surface area (Å²) in [4.78, 5) is 25.9. The maximum atomic E-state index is 12.1. The van der Waals surface area contributed by atoms with Crippen LogP contribution in [0.3, 0.4) is 0 Å². The molecule has 0 N–H and O–H groups in total. The van der Waals surface area contributed by atoms with Gasteiger partial charge in [0, 0.05) is 37.0 Å². The second-order valence-corrected chi connectivity index (χ2v) is 7.23. The van der Waals surface area contributed by atoms with E-state index in [1.165, 1.54) is 0 Å². The topological polar surface area (TPSA) is 50.5 Å². The van der Waals surface area contributed by atoms with Gasteiger partial charge in [-0.05, 0) is 42.0 Å². The van der Waals surface area contributed by atoms with E-state index in [2.05, 4.69) is 6.07 Å². The normalized spacial score (nSPS) is 18.7.